The van der Waals surface area contributed by atoms with E-state index in [0.717, 1.165) is 0 Å². The van der Waals surface area contributed by atoms with Crippen LogP contribution in [-0.4, -0.2) is 42.2 Å². The lowest BCUT2D eigenvalue weighted by atomic mass is 10.1. The van der Waals surface area contributed by atoms with Gasteiger partial charge in [0.25, 0.3) is 5.91 Å². The highest BCUT2D eigenvalue weighted by atomic mass is 16.5. The van der Waals surface area contributed by atoms with Gasteiger partial charge in [-0.1, -0.05) is 18.2 Å². The number of esters is 1. The van der Waals surface area contributed by atoms with Crippen LogP contribution in [0.1, 0.15) is 37.6 Å². The van der Waals surface area contributed by atoms with Crippen LogP contribution in [0.2, 0.25) is 0 Å². The van der Waals surface area contributed by atoms with Crippen molar-refractivity contribution < 1.29 is 19.1 Å². The first-order chi connectivity index (χ1) is 14.9. The molecule has 2 aromatic rings. The standard InChI is InChI=1S/C23H26N4O4/c1-4-31-23(30)19-14-20(27(26-19)18-8-6-5-7-9-18)22(29)25-17-12-10-16(11-13-17)21(28)24-15(2)3/h5-13,15,20H,4,14H2,1-3H3,(H,24,28)(H,25,29). The third-order valence-electron chi connectivity index (χ3n) is 4.58. The summed E-state index contributed by atoms with van der Waals surface area (Å²) in [4.78, 5) is 37.3. The lowest BCUT2D eigenvalue weighted by molar-refractivity contribution is -0.135. The highest BCUT2D eigenvalue weighted by molar-refractivity contribution is 6.38. The maximum absolute atomic E-state index is 13.0. The Morgan fingerprint density at radius 1 is 1.10 bits per heavy atom. The van der Waals surface area contributed by atoms with Gasteiger partial charge in [0.2, 0.25) is 5.91 Å². The van der Waals surface area contributed by atoms with Gasteiger partial charge in [-0.25, -0.2) is 4.79 Å². The average Bonchev–Trinajstić information content (AvgIpc) is 3.20. The topological polar surface area (TPSA) is 100 Å². The number of rotatable bonds is 7. The second-order valence-electron chi connectivity index (χ2n) is 7.36. The molecular weight excluding hydrogens is 396 g/mol. The van der Waals surface area contributed by atoms with Gasteiger partial charge in [0, 0.05) is 23.7 Å². The maximum Gasteiger partial charge on any atom is 0.354 e. The fourth-order valence-electron chi connectivity index (χ4n) is 3.15. The van der Waals surface area contributed by atoms with E-state index < -0.39 is 12.0 Å². The third-order valence-corrected chi connectivity index (χ3v) is 4.58. The Balaban J connectivity index is 1.75. The first-order valence-electron chi connectivity index (χ1n) is 10.2. The number of benzene rings is 2. The van der Waals surface area contributed by atoms with Crippen molar-refractivity contribution in [1.29, 1.82) is 0 Å². The van der Waals surface area contributed by atoms with E-state index in [1.807, 2.05) is 44.2 Å². The van der Waals surface area contributed by atoms with Gasteiger partial charge in [-0.05, 0) is 57.2 Å². The molecule has 0 aliphatic carbocycles. The van der Waals surface area contributed by atoms with Crippen LogP contribution in [0, 0.1) is 0 Å². The monoisotopic (exact) mass is 422 g/mol. The molecule has 1 heterocycles. The molecule has 1 aliphatic rings. The molecule has 0 saturated heterocycles. The Bertz CT molecular complexity index is 971. The molecule has 3 rings (SSSR count). The van der Waals surface area contributed by atoms with Crippen molar-refractivity contribution in [3.8, 4) is 0 Å². The normalized spacial score (nSPS) is 15.4. The van der Waals surface area contributed by atoms with Crippen LogP contribution in [0.3, 0.4) is 0 Å². The van der Waals surface area contributed by atoms with Crippen molar-refractivity contribution in [3.63, 3.8) is 0 Å². The number of para-hydroxylation sites is 1. The maximum atomic E-state index is 13.0. The summed E-state index contributed by atoms with van der Waals surface area (Å²) in [7, 11) is 0. The number of hydrogen-bond donors (Lipinski definition) is 2. The number of nitrogens with one attached hydrogen (secondary N) is 2. The second-order valence-corrected chi connectivity index (χ2v) is 7.36. The molecule has 0 spiro atoms. The summed E-state index contributed by atoms with van der Waals surface area (Å²) in [5, 5.41) is 11.5. The summed E-state index contributed by atoms with van der Waals surface area (Å²) in [5.74, 6) is -1.02. The Hall–Kier alpha value is -3.68. The van der Waals surface area contributed by atoms with Gasteiger partial charge in [-0.15, -0.1) is 0 Å². The summed E-state index contributed by atoms with van der Waals surface area (Å²) in [6.45, 7) is 5.73. The molecule has 0 bridgehead atoms. The molecule has 0 fully saturated rings. The van der Waals surface area contributed by atoms with Crippen molar-refractivity contribution in [1.82, 2.24) is 5.32 Å². The molecule has 162 valence electrons. The largest absolute Gasteiger partial charge is 0.461 e. The lowest BCUT2D eigenvalue weighted by Gasteiger charge is -2.22. The Morgan fingerprint density at radius 2 is 1.77 bits per heavy atom. The lowest BCUT2D eigenvalue weighted by Crippen LogP contribution is -2.38. The zero-order chi connectivity index (χ0) is 22.4. The first kappa shape index (κ1) is 22.0. The molecule has 31 heavy (non-hydrogen) atoms. The smallest absolute Gasteiger partial charge is 0.354 e. The van der Waals surface area contributed by atoms with Gasteiger partial charge in [0.15, 0.2) is 0 Å². The molecule has 1 aliphatic heterocycles. The molecule has 8 nitrogen and oxygen atoms in total. The fraction of sp³-hybridized carbons (Fsp3) is 0.304. The van der Waals surface area contributed by atoms with Crippen molar-refractivity contribution in [2.75, 3.05) is 16.9 Å². The number of hydrogen-bond acceptors (Lipinski definition) is 6. The van der Waals surface area contributed by atoms with Crippen LogP contribution < -0.4 is 15.6 Å². The Morgan fingerprint density at radius 3 is 2.39 bits per heavy atom. The number of carbonyl (C=O) groups is 3. The molecule has 0 aromatic heterocycles. The molecule has 2 aromatic carbocycles. The third kappa shape index (κ3) is 5.48. The van der Waals surface area contributed by atoms with Gasteiger partial charge < -0.3 is 15.4 Å². The molecule has 1 unspecified atom stereocenters. The van der Waals surface area contributed by atoms with Crippen molar-refractivity contribution in [3.05, 3.63) is 60.2 Å². The quantitative estimate of drug-likeness (QED) is 0.668. The van der Waals surface area contributed by atoms with Crippen LogP contribution in [-0.2, 0) is 14.3 Å². The summed E-state index contributed by atoms with van der Waals surface area (Å²) in [6, 6.07) is 15.1. The minimum Gasteiger partial charge on any atom is -0.461 e. The molecule has 8 heteroatoms. The number of nitrogens with zero attached hydrogens (tertiary/aromatic N) is 2. The number of ether oxygens (including phenoxy) is 1. The molecule has 2 amide bonds. The van der Waals surface area contributed by atoms with Gasteiger partial charge in [-0.2, -0.15) is 5.10 Å². The van der Waals surface area contributed by atoms with Crippen LogP contribution >= 0.6 is 0 Å². The van der Waals surface area contributed by atoms with Crippen molar-refractivity contribution in [2.24, 2.45) is 5.10 Å². The summed E-state index contributed by atoms with van der Waals surface area (Å²) in [5.41, 5.74) is 1.95. The fourth-order valence-corrected chi connectivity index (χ4v) is 3.15. The van der Waals surface area contributed by atoms with Gasteiger partial charge >= 0.3 is 5.97 Å². The molecule has 0 radical (unpaired) electrons. The molecule has 2 N–H and O–H groups in total. The van der Waals surface area contributed by atoms with E-state index in [2.05, 4.69) is 15.7 Å². The van der Waals surface area contributed by atoms with Crippen LogP contribution in [0.25, 0.3) is 0 Å². The van der Waals surface area contributed by atoms with E-state index in [1.165, 1.54) is 5.01 Å². The van der Waals surface area contributed by atoms with Crippen LogP contribution in [0.15, 0.2) is 59.7 Å². The van der Waals surface area contributed by atoms with Crippen LogP contribution in [0.4, 0.5) is 11.4 Å². The van der Waals surface area contributed by atoms with E-state index in [9.17, 15) is 14.4 Å². The van der Waals surface area contributed by atoms with E-state index in [4.69, 9.17) is 4.74 Å². The predicted octanol–water partition coefficient (Wildman–Crippen LogP) is 2.96. The average molecular weight is 422 g/mol. The number of carbonyl (C=O) groups excluding carboxylic acids is 3. The molecular formula is C23H26N4O4. The van der Waals surface area contributed by atoms with Crippen molar-refractivity contribution >= 4 is 34.9 Å². The van der Waals surface area contributed by atoms with Gasteiger partial charge in [-0.3, -0.25) is 14.6 Å². The summed E-state index contributed by atoms with van der Waals surface area (Å²) in [6.07, 6.45) is 0.133. The summed E-state index contributed by atoms with van der Waals surface area (Å²) < 4.78 is 5.05. The number of hydrazone groups is 1. The Labute approximate surface area is 181 Å². The number of anilines is 2. The second kappa shape index (κ2) is 9.88. The Kier molecular flexibility index (Phi) is 7.02. The minimum atomic E-state index is -0.703. The van der Waals surface area contributed by atoms with E-state index in [1.54, 1.807) is 31.2 Å². The van der Waals surface area contributed by atoms with Crippen LogP contribution in [0.5, 0.6) is 0 Å². The number of amides is 2. The minimum absolute atomic E-state index is 0.0341. The van der Waals surface area contributed by atoms with Gasteiger partial charge in [0.1, 0.15) is 11.8 Å². The predicted molar refractivity (Wildman–Crippen MR) is 119 cm³/mol. The van der Waals surface area contributed by atoms with E-state index in [-0.39, 0.29) is 36.6 Å². The van der Waals surface area contributed by atoms with E-state index >= 15 is 0 Å². The zero-order valence-electron chi connectivity index (χ0n) is 17.8. The van der Waals surface area contributed by atoms with Crippen molar-refractivity contribution in [2.45, 2.75) is 39.3 Å². The highest BCUT2D eigenvalue weighted by Gasteiger charge is 2.36. The summed E-state index contributed by atoms with van der Waals surface area (Å²) >= 11 is 0. The SMILES string of the molecule is CCOC(=O)C1=NN(c2ccccc2)C(C(=O)Nc2ccc(C(=O)NC(C)C)cc2)C1. The molecule has 0 saturated carbocycles. The van der Waals surface area contributed by atoms with Gasteiger partial charge in [0.05, 0.1) is 12.3 Å². The molecule has 1 atom stereocenters. The zero-order valence-corrected chi connectivity index (χ0v) is 17.8. The highest BCUT2D eigenvalue weighted by Crippen LogP contribution is 2.26. The first-order valence-corrected chi connectivity index (χ1v) is 10.2. The van der Waals surface area contributed by atoms with E-state index in [0.29, 0.717) is 16.9 Å².